The van der Waals surface area contributed by atoms with Crippen molar-refractivity contribution in [3.63, 3.8) is 0 Å². The van der Waals surface area contributed by atoms with Gasteiger partial charge in [-0.25, -0.2) is 0 Å². The van der Waals surface area contributed by atoms with E-state index in [2.05, 4.69) is 24.1 Å². The molecule has 1 saturated heterocycles. The van der Waals surface area contributed by atoms with E-state index in [4.69, 9.17) is 9.47 Å². The normalized spacial score (nSPS) is 31.2. The zero-order chi connectivity index (χ0) is 13.2. The SMILES string of the molecule is CC1CNCC(C)N1CC1COc2ccccc2O1. The Morgan fingerprint density at radius 1 is 1.16 bits per heavy atom. The Bertz CT molecular complexity index is 428. The van der Waals surface area contributed by atoms with Crippen LogP contribution in [0, 0.1) is 0 Å². The molecule has 1 aromatic carbocycles. The van der Waals surface area contributed by atoms with Crippen molar-refractivity contribution in [3.05, 3.63) is 24.3 Å². The third-order valence-corrected chi connectivity index (χ3v) is 3.99. The summed E-state index contributed by atoms with van der Waals surface area (Å²) in [7, 11) is 0. The molecule has 1 N–H and O–H groups in total. The first-order valence-electron chi connectivity index (χ1n) is 7.09. The van der Waals surface area contributed by atoms with E-state index in [1.165, 1.54) is 0 Å². The molecule has 0 aliphatic carbocycles. The van der Waals surface area contributed by atoms with Gasteiger partial charge in [0.25, 0.3) is 0 Å². The Hall–Kier alpha value is -1.26. The Morgan fingerprint density at radius 3 is 2.58 bits per heavy atom. The fourth-order valence-electron chi connectivity index (χ4n) is 2.92. The van der Waals surface area contributed by atoms with Crippen molar-refractivity contribution < 1.29 is 9.47 Å². The van der Waals surface area contributed by atoms with Crippen molar-refractivity contribution in [2.45, 2.75) is 32.0 Å². The number of hydrogen-bond acceptors (Lipinski definition) is 4. The van der Waals surface area contributed by atoms with Crippen LogP contribution in [-0.4, -0.2) is 49.3 Å². The second-order valence-corrected chi connectivity index (χ2v) is 5.55. The van der Waals surface area contributed by atoms with Gasteiger partial charge in [0, 0.05) is 31.7 Å². The lowest BCUT2D eigenvalue weighted by molar-refractivity contribution is 0.0228. The van der Waals surface area contributed by atoms with Crippen LogP contribution < -0.4 is 14.8 Å². The topological polar surface area (TPSA) is 33.7 Å². The van der Waals surface area contributed by atoms with Crippen LogP contribution in [0.5, 0.6) is 11.5 Å². The Labute approximate surface area is 114 Å². The third-order valence-electron chi connectivity index (χ3n) is 3.99. The smallest absolute Gasteiger partial charge is 0.161 e. The highest BCUT2D eigenvalue weighted by molar-refractivity contribution is 5.40. The molecule has 0 amide bonds. The lowest BCUT2D eigenvalue weighted by Crippen LogP contribution is -2.58. The summed E-state index contributed by atoms with van der Waals surface area (Å²) in [5, 5.41) is 3.45. The molecule has 0 spiro atoms. The lowest BCUT2D eigenvalue weighted by Gasteiger charge is -2.41. The van der Waals surface area contributed by atoms with E-state index in [9.17, 15) is 0 Å². The molecular weight excluding hydrogens is 240 g/mol. The van der Waals surface area contributed by atoms with E-state index in [0.717, 1.165) is 31.1 Å². The van der Waals surface area contributed by atoms with Gasteiger partial charge in [0.05, 0.1) is 0 Å². The Kier molecular flexibility index (Phi) is 3.62. The van der Waals surface area contributed by atoms with E-state index in [1.807, 2.05) is 24.3 Å². The molecule has 3 atom stereocenters. The number of fused-ring (bicyclic) bond motifs is 1. The van der Waals surface area contributed by atoms with Gasteiger partial charge >= 0.3 is 0 Å². The predicted octanol–water partition coefficient (Wildman–Crippen LogP) is 1.51. The molecule has 0 saturated carbocycles. The summed E-state index contributed by atoms with van der Waals surface area (Å²) in [5.74, 6) is 1.73. The molecule has 0 radical (unpaired) electrons. The molecule has 2 aliphatic heterocycles. The van der Waals surface area contributed by atoms with E-state index in [1.54, 1.807) is 0 Å². The lowest BCUT2D eigenvalue weighted by atomic mass is 10.1. The minimum Gasteiger partial charge on any atom is -0.486 e. The van der Waals surface area contributed by atoms with Gasteiger partial charge in [-0.1, -0.05) is 12.1 Å². The summed E-state index contributed by atoms with van der Waals surface area (Å²) >= 11 is 0. The Morgan fingerprint density at radius 2 is 1.84 bits per heavy atom. The summed E-state index contributed by atoms with van der Waals surface area (Å²) in [5.41, 5.74) is 0. The number of benzene rings is 1. The minimum atomic E-state index is 0.123. The quantitative estimate of drug-likeness (QED) is 0.876. The van der Waals surface area contributed by atoms with Crippen LogP contribution in [0.3, 0.4) is 0 Å². The minimum absolute atomic E-state index is 0.123. The van der Waals surface area contributed by atoms with Gasteiger partial charge in [-0.05, 0) is 26.0 Å². The molecular formula is C15H22N2O2. The molecule has 0 aromatic heterocycles. The number of hydrogen-bond donors (Lipinski definition) is 1. The maximum absolute atomic E-state index is 6.04. The molecule has 1 aromatic rings. The number of ether oxygens (including phenoxy) is 2. The van der Waals surface area contributed by atoms with Crippen molar-refractivity contribution in [1.29, 1.82) is 0 Å². The number of nitrogens with one attached hydrogen (secondary N) is 1. The first kappa shape index (κ1) is 12.8. The van der Waals surface area contributed by atoms with Gasteiger partial charge in [0.1, 0.15) is 12.7 Å². The van der Waals surface area contributed by atoms with Crippen molar-refractivity contribution in [2.75, 3.05) is 26.2 Å². The van der Waals surface area contributed by atoms with E-state index >= 15 is 0 Å². The Balaban J connectivity index is 1.65. The fraction of sp³-hybridized carbons (Fsp3) is 0.600. The largest absolute Gasteiger partial charge is 0.486 e. The standard InChI is InChI=1S/C15H22N2O2/c1-11-7-16-8-12(2)17(11)9-13-10-18-14-5-3-4-6-15(14)19-13/h3-6,11-13,16H,7-10H2,1-2H3. The first-order chi connectivity index (χ1) is 9.24. The molecule has 2 heterocycles. The van der Waals surface area contributed by atoms with Crippen LogP contribution in [0.25, 0.3) is 0 Å². The molecule has 0 bridgehead atoms. The zero-order valence-electron chi connectivity index (χ0n) is 11.6. The van der Waals surface area contributed by atoms with Gasteiger partial charge < -0.3 is 14.8 Å². The average molecular weight is 262 g/mol. The van der Waals surface area contributed by atoms with Crippen molar-refractivity contribution in [2.24, 2.45) is 0 Å². The van der Waals surface area contributed by atoms with Crippen LogP contribution in [0.2, 0.25) is 0 Å². The molecule has 4 heteroatoms. The van der Waals surface area contributed by atoms with Gasteiger partial charge in [-0.15, -0.1) is 0 Å². The number of piperazine rings is 1. The second-order valence-electron chi connectivity index (χ2n) is 5.55. The number of para-hydroxylation sites is 2. The molecule has 104 valence electrons. The van der Waals surface area contributed by atoms with Crippen molar-refractivity contribution in [3.8, 4) is 11.5 Å². The third kappa shape index (κ3) is 2.69. The van der Waals surface area contributed by atoms with Gasteiger partial charge in [0.2, 0.25) is 0 Å². The number of nitrogens with zero attached hydrogens (tertiary/aromatic N) is 1. The van der Waals surface area contributed by atoms with Gasteiger partial charge in [0.15, 0.2) is 11.5 Å². The van der Waals surface area contributed by atoms with Crippen LogP contribution in [-0.2, 0) is 0 Å². The maximum Gasteiger partial charge on any atom is 0.161 e. The zero-order valence-corrected chi connectivity index (χ0v) is 11.6. The molecule has 4 nitrogen and oxygen atoms in total. The molecule has 3 unspecified atom stereocenters. The second kappa shape index (κ2) is 5.39. The highest BCUT2D eigenvalue weighted by atomic mass is 16.6. The summed E-state index contributed by atoms with van der Waals surface area (Å²) in [4.78, 5) is 2.51. The molecule has 2 aliphatic rings. The van der Waals surface area contributed by atoms with Crippen LogP contribution >= 0.6 is 0 Å². The summed E-state index contributed by atoms with van der Waals surface area (Å²) in [6, 6.07) is 8.99. The van der Waals surface area contributed by atoms with Gasteiger partial charge in [-0.3, -0.25) is 4.90 Å². The monoisotopic (exact) mass is 262 g/mol. The summed E-state index contributed by atoms with van der Waals surface area (Å²) in [6.45, 7) is 8.20. The van der Waals surface area contributed by atoms with Crippen molar-refractivity contribution >= 4 is 0 Å². The number of rotatable bonds is 2. The van der Waals surface area contributed by atoms with Crippen LogP contribution in [0.1, 0.15) is 13.8 Å². The highest BCUT2D eigenvalue weighted by Crippen LogP contribution is 2.31. The molecule has 19 heavy (non-hydrogen) atoms. The van der Waals surface area contributed by atoms with E-state index in [-0.39, 0.29) is 6.10 Å². The average Bonchev–Trinajstić information content (AvgIpc) is 2.43. The van der Waals surface area contributed by atoms with Crippen LogP contribution in [0.4, 0.5) is 0 Å². The maximum atomic E-state index is 6.04. The molecule has 3 rings (SSSR count). The summed E-state index contributed by atoms with van der Waals surface area (Å²) < 4.78 is 11.8. The van der Waals surface area contributed by atoms with E-state index in [0.29, 0.717) is 18.7 Å². The van der Waals surface area contributed by atoms with Crippen LogP contribution in [0.15, 0.2) is 24.3 Å². The highest BCUT2D eigenvalue weighted by Gasteiger charge is 2.29. The first-order valence-corrected chi connectivity index (χ1v) is 7.09. The molecule has 1 fully saturated rings. The predicted molar refractivity (Wildman–Crippen MR) is 74.9 cm³/mol. The van der Waals surface area contributed by atoms with Crippen molar-refractivity contribution in [1.82, 2.24) is 10.2 Å². The summed E-state index contributed by atoms with van der Waals surface area (Å²) in [6.07, 6.45) is 0.123. The van der Waals surface area contributed by atoms with Gasteiger partial charge in [-0.2, -0.15) is 0 Å². The fourth-order valence-corrected chi connectivity index (χ4v) is 2.92. The van der Waals surface area contributed by atoms with E-state index < -0.39 is 0 Å².